The Labute approximate surface area is 408 Å². The molecule has 69 heavy (non-hydrogen) atoms. The van der Waals surface area contributed by atoms with Crippen molar-refractivity contribution in [3.8, 4) is 0 Å². The minimum absolute atomic E-state index is 0.00289. The van der Waals surface area contributed by atoms with E-state index in [1.54, 1.807) is 42.8 Å². The Kier molecular flexibility index (Phi) is 27.8. The maximum atomic E-state index is 13.5. The van der Waals surface area contributed by atoms with E-state index in [9.17, 15) is 73.5 Å². The lowest BCUT2D eigenvalue weighted by Crippen LogP contribution is -2.51. The molecule has 1 aromatic rings. The highest BCUT2D eigenvalue weighted by molar-refractivity contribution is 9.10. The van der Waals surface area contributed by atoms with E-state index in [0.29, 0.717) is 36.7 Å². The normalized spacial score (nSPS) is 15.9. The fourth-order valence-corrected chi connectivity index (χ4v) is 7.89. The van der Waals surface area contributed by atoms with Gasteiger partial charge in [0.05, 0.1) is 25.7 Å². The van der Waals surface area contributed by atoms with Crippen LogP contribution in [0.2, 0.25) is 0 Å². The average molecular weight is 1040 g/mol. The lowest BCUT2D eigenvalue weighted by Gasteiger charge is -2.35. The molecule has 2 heterocycles. The van der Waals surface area contributed by atoms with E-state index < -0.39 is 65.8 Å². The Balaban J connectivity index is 1.99. The van der Waals surface area contributed by atoms with Crippen molar-refractivity contribution in [3.05, 3.63) is 28.5 Å². The molecule has 2 rings (SSSR count). The SMILES string of the molecule is CC(=O)[C@H](CCC(=O)O)NC(=O)N[C@@H](CCCCN(Cc1ccc(Br)nc1)C(=O)CCCCCC(=O)CCC(C(=O)O)N1CCN(CC(=O)O)CCN(CC(=O)O)CCN(CC(=O)O)CC1)C(=O)O. The van der Waals surface area contributed by atoms with Crippen LogP contribution in [0.5, 0.6) is 0 Å². The topological polar surface area (TPSA) is 345 Å². The molecule has 8 N–H and O–H groups in total. The zero-order valence-corrected chi connectivity index (χ0v) is 40.6. The largest absolute Gasteiger partial charge is 0.481 e. The molecule has 24 nitrogen and oxygen atoms in total. The van der Waals surface area contributed by atoms with E-state index in [0.717, 1.165) is 5.56 Å². The molecule has 1 fully saturated rings. The van der Waals surface area contributed by atoms with Crippen LogP contribution in [0, 0.1) is 0 Å². The summed E-state index contributed by atoms with van der Waals surface area (Å²) < 4.78 is 0.598. The van der Waals surface area contributed by atoms with Gasteiger partial charge in [-0.3, -0.25) is 58.0 Å². The molecule has 1 saturated heterocycles. The molecular weight excluding hydrogens is 976 g/mol. The van der Waals surface area contributed by atoms with Gasteiger partial charge in [0.15, 0.2) is 5.78 Å². The van der Waals surface area contributed by atoms with E-state index in [4.69, 9.17) is 5.11 Å². The molecule has 0 bridgehead atoms. The number of carbonyl (C=O) groups excluding carboxylic acids is 4. The van der Waals surface area contributed by atoms with Gasteiger partial charge in [0.2, 0.25) is 5.91 Å². The number of ketones is 2. The van der Waals surface area contributed by atoms with Gasteiger partial charge in [0, 0.05) is 97.3 Å². The predicted octanol–water partition coefficient (Wildman–Crippen LogP) is 1.15. The monoisotopic (exact) mass is 1040 g/mol. The van der Waals surface area contributed by atoms with Crippen LogP contribution in [-0.2, 0) is 49.7 Å². The molecule has 1 unspecified atom stereocenters. The maximum Gasteiger partial charge on any atom is 0.326 e. The van der Waals surface area contributed by atoms with Crippen LogP contribution in [0.15, 0.2) is 22.9 Å². The van der Waals surface area contributed by atoms with E-state index in [2.05, 4.69) is 31.5 Å². The second-order valence-electron chi connectivity index (χ2n) is 16.9. The van der Waals surface area contributed by atoms with Crippen molar-refractivity contribution in [1.29, 1.82) is 0 Å². The van der Waals surface area contributed by atoms with Crippen molar-refractivity contribution >= 4 is 75.3 Å². The van der Waals surface area contributed by atoms with Gasteiger partial charge in [-0.05, 0) is 79.4 Å². The number of pyridine rings is 1. The standard InChI is InChI=1S/C44H67BrN8O16/c1-30(54)33(12-15-38(57)58)47-44(69)48-34(42(65)66)8-5-6-16-53(26-31-10-14-36(45)46-25-31)37(56)9-4-2-3-7-32(55)11-13-35(43(67)68)52-23-21-50(28-40(61)62)19-17-49(27-39(59)60)18-20-51(22-24-52)29-41(63)64/h10,14,25,33-35H,2-9,11-13,15-24,26-29H2,1H3,(H,57,58)(H,59,60)(H,61,62)(H,63,64)(H,65,66)(H,67,68)(H2,47,48,69)/t33-,34-,35?/m0/s1. The van der Waals surface area contributed by atoms with E-state index in [1.165, 1.54) is 6.92 Å². The first-order valence-electron chi connectivity index (χ1n) is 22.8. The number of hydrogen-bond acceptors (Lipinski definition) is 15. The summed E-state index contributed by atoms with van der Waals surface area (Å²) in [7, 11) is 0. The summed E-state index contributed by atoms with van der Waals surface area (Å²) >= 11 is 3.29. The highest BCUT2D eigenvalue weighted by Gasteiger charge is 2.29. The molecule has 0 radical (unpaired) electrons. The van der Waals surface area contributed by atoms with Crippen molar-refractivity contribution in [2.75, 3.05) is 78.5 Å². The van der Waals surface area contributed by atoms with Crippen LogP contribution in [0.25, 0.3) is 0 Å². The number of nitrogens with one attached hydrogen (secondary N) is 2. The van der Waals surface area contributed by atoms with Gasteiger partial charge >= 0.3 is 41.8 Å². The third-order valence-electron chi connectivity index (χ3n) is 11.4. The Hall–Kier alpha value is -5.63. The zero-order chi connectivity index (χ0) is 51.5. The number of rotatable bonds is 31. The Morgan fingerprint density at radius 2 is 1.14 bits per heavy atom. The number of unbranched alkanes of at least 4 members (excludes halogenated alkanes) is 3. The number of amides is 3. The summed E-state index contributed by atoms with van der Waals surface area (Å²) in [6, 6.07) is -0.991. The number of nitrogens with zero attached hydrogens (tertiary/aromatic N) is 6. The molecule has 0 saturated carbocycles. The van der Waals surface area contributed by atoms with Gasteiger partial charge in [-0.25, -0.2) is 14.6 Å². The minimum Gasteiger partial charge on any atom is -0.481 e. The number of Topliss-reactive ketones (excluding diaryl/α,β-unsaturated/α-hetero) is 2. The molecular formula is C44H67BrN8O16. The second kappa shape index (κ2) is 32.2. The summed E-state index contributed by atoms with van der Waals surface area (Å²) in [5.74, 6) is -7.87. The Bertz CT molecular complexity index is 1860. The number of urea groups is 1. The van der Waals surface area contributed by atoms with Gasteiger partial charge in [-0.2, -0.15) is 0 Å². The van der Waals surface area contributed by atoms with E-state index in [1.807, 2.05) is 0 Å². The average Bonchev–Trinajstić information content (AvgIpc) is 3.25. The quantitative estimate of drug-likeness (QED) is 0.0382. The van der Waals surface area contributed by atoms with Crippen LogP contribution >= 0.6 is 15.9 Å². The van der Waals surface area contributed by atoms with Crippen LogP contribution < -0.4 is 10.6 Å². The number of aliphatic carboxylic acids is 6. The van der Waals surface area contributed by atoms with Gasteiger partial charge in [-0.15, -0.1) is 0 Å². The van der Waals surface area contributed by atoms with Crippen molar-refractivity contribution in [2.24, 2.45) is 0 Å². The van der Waals surface area contributed by atoms with Crippen LogP contribution in [0.1, 0.15) is 89.5 Å². The number of hydrogen-bond donors (Lipinski definition) is 8. The van der Waals surface area contributed by atoms with Gasteiger partial charge in [0.25, 0.3) is 0 Å². The summed E-state index contributed by atoms with van der Waals surface area (Å²) in [6.45, 7) is 1.67. The molecule has 0 aliphatic carbocycles. The molecule has 3 amide bonds. The third kappa shape index (κ3) is 26.1. The third-order valence-corrected chi connectivity index (χ3v) is 11.9. The van der Waals surface area contributed by atoms with E-state index >= 15 is 0 Å². The molecule has 3 atom stereocenters. The smallest absolute Gasteiger partial charge is 0.326 e. The van der Waals surface area contributed by atoms with Crippen LogP contribution in [0.3, 0.4) is 0 Å². The number of halogens is 1. The number of carboxylic acid groups (broad SMARTS) is 6. The van der Waals surface area contributed by atoms with Crippen LogP contribution in [-0.4, -0.2) is 216 Å². The van der Waals surface area contributed by atoms with Crippen molar-refractivity contribution < 1.29 is 78.6 Å². The lowest BCUT2D eigenvalue weighted by molar-refractivity contribution is -0.145. The van der Waals surface area contributed by atoms with Crippen molar-refractivity contribution in [1.82, 2.24) is 40.1 Å². The first-order valence-corrected chi connectivity index (χ1v) is 23.6. The summed E-state index contributed by atoms with van der Waals surface area (Å²) in [5, 5.41) is 62.0. The number of carboxylic acids is 6. The Morgan fingerprint density at radius 1 is 0.609 bits per heavy atom. The fourth-order valence-electron chi connectivity index (χ4n) is 7.65. The lowest BCUT2D eigenvalue weighted by atomic mass is 10.0. The summed E-state index contributed by atoms with van der Waals surface area (Å²) in [4.78, 5) is 134. The maximum absolute atomic E-state index is 13.5. The molecule has 1 aliphatic rings. The molecule has 1 aliphatic heterocycles. The predicted molar refractivity (Wildman–Crippen MR) is 248 cm³/mol. The molecule has 386 valence electrons. The molecule has 25 heteroatoms. The van der Waals surface area contributed by atoms with Crippen molar-refractivity contribution in [2.45, 2.75) is 109 Å². The van der Waals surface area contributed by atoms with Gasteiger partial charge in [0.1, 0.15) is 22.5 Å². The zero-order valence-electron chi connectivity index (χ0n) is 39.0. The minimum atomic E-state index is -1.33. The van der Waals surface area contributed by atoms with E-state index in [-0.39, 0.29) is 142 Å². The Morgan fingerprint density at radius 3 is 1.62 bits per heavy atom. The molecule has 0 spiro atoms. The van der Waals surface area contributed by atoms with Gasteiger partial charge < -0.3 is 46.2 Å². The van der Waals surface area contributed by atoms with Gasteiger partial charge in [-0.1, -0.05) is 12.5 Å². The highest BCUT2D eigenvalue weighted by atomic mass is 79.9. The van der Waals surface area contributed by atoms with Crippen LogP contribution in [0.4, 0.5) is 4.79 Å². The number of carbonyl (C=O) groups is 10. The number of aromatic nitrogens is 1. The first-order chi connectivity index (χ1) is 32.6. The molecule has 0 aromatic carbocycles. The first kappa shape index (κ1) is 59.5. The second-order valence-corrected chi connectivity index (χ2v) is 17.8. The summed E-state index contributed by atoms with van der Waals surface area (Å²) in [5.41, 5.74) is 0.744. The van der Waals surface area contributed by atoms with Crippen molar-refractivity contribution in [3.63, 3.8) is 0 Å². The molecule has 1 aromatic heterocycles. The highest BCUT2D eigenvalue weighted by Crippen LogP contribution is 2.16. The fraction of sp³-hybridized carbons (Fsp3) is 0.659. The summed E-state index contributed by atoms with van der Waals surface area (Å²) in [6.07, 6.45) is 3.26.